The van der Waals surface area contributed by atoms with Crippen molar-refractivity contribution >= 4 is 28.5 Å². The Labute approximate surface area is 152 Å². The van der Waals surface area contributed by atoms with Crippen LogP contribution >= 0.6 is 11.6 Å². The number of fused-ring (bicyclic) bond motifs is 1. The van der Waals surface area contributed by atoms with Crippen molar-refractivity contribution in [3.63, 3.8) is 0 Å². The fraction of sp³-hybridized carbons (Fsp3) is 0.250. The lowest BCUT2D eigenvalue weighted by Gasteiger charge is -2.16. The van der Waals surface area contributed by atoms with Crippen LogP contribution in [0.4, 0.5) is 0 Å². The first-order valence-electron chi connectivity index (χ1n) is 8.24. The molecule has 0 atom stereocenters. The molecule has 0 aliphatic carbocycles. The lowest BCUT2D eigenvalue weighted by atomic mass is 10.1. The first-order valence-corrected chi connectivity index (χ1v) is 8.61. The highest BCUT2D eigenvalue weighted by Gasteiger charge is 2.17. The molecule has 4 nitrogen and oxygen atoms in total. The van der Waals surface area contributed by atoms with Gasteiger partial charge in [0, 0.05) is 35.6 Å². The number of benzene rings is 2. The van der Waals surface area contributed by atoms with Crippen molar-refractivity contribution in [2.75, 3.05) is 20.1 Å². The fourth-order valence-electron chi connectivity index (χ4n) is 2.82. The van der Waals surface area contributed by atoms with Crippen molar-refractivity contribution in [3.8, 4) is 0 Å². The van der Waals surface area contributed by atoms with Gasteiger partial charge in [-0.2, -0.15) is 0 Å². The fourth-order valence-corrected chi connectivity index (χ4v) is 3.00. The van der Waals surface area contributed by atoms with E-state index in [0.717, 1.165) is 24.0 Å². The number of carbonyl (C=O) groups excluding carboxylic acids is 1. The molecule has 0 saturated carbocycles. The van der Waals surface area contributed by atoms with Crippen LogP contribution in [0.15, 0.2) is 52.9 Å². The number of likely N-dealkylation sites (N-methyl/N-ethyl adjacent to an activating group) is 1. The van der Waals surface area contributed by atoms with Gasteiger partial charge in [-0.25, -0.2) is 0 Å². The molecule has 0 aliphatic rings. The number of hydrogen-bond acceptors (Lipinski definition) is 3. The van der Waals surface area contributed by atoms with Gasteiger partial charge in [-0.05, 0) is 37.7 Å². The molecular formula is C20H21ClN2O2. The molecule has 130 valence electrons. The predicted molar refractivity (Wildman–Crippen MR) is 101 cm³/mol. The molecule has 0 saturated heterocycles. The highest BCUT2D eigenvalue weighted by atomic mass is 35.5. The van der Waals surface area contributed by atoms with Gasteiger partial charge < -0.3 is 14.6 Å². The van der Waals surface area contributed by atoms with Crippen LogP contribution in [0, 0.1) is 6.92 Å². The van der Waals surface area contributed by atoms with E-state index in [0.29, 0.717) is 22.9 Å². The molecule has 1 amide bonds. The number of nitrogens with zero attached hydrogens (tertiary/aromatic N) is 1. The molecule has 1 N–H and O–H groups in total. The molecule has 3 rings (SSSR count). The second kappa shape index (κ2) is 7.72. The zero-order valence-electron chi connectivity index (χ0n) is 14.4. The highest BCUT2D eigenvalue weighted by molar-refractivity contribution is 6.31. The first-order chi connectivity index (χ1) is 12.0. The quantitative estimate of drug-likeness (QED) is 0.718. The topological polar surface area (TPSA) is 45.5 Å². The van der Waals surface area contributed by atoms with Gasteiger partial charge in [0.2, 0.25) is 0 Å². The Kier molecular flexibility index (Phi) is 5.41. The summed E-state index contributed by atoms with van der Waals surface area (Å²) in [4.78, 5) is 14.6. The van der Waals surface area contributed by atoms with Crippen molar-refractivity contribution in [1.29, 1.82) is 0 Å². The van der Waals surface area contributed by atoms with Crippen molar-refractivity contribution in [2.24, 2.45) is 0 Å². The second-order valence-electron chi connectivity index (χ2n) is 6.18. The van der Waals surface area contributed by atoms with E-state index < -0.39 is 0 Å². The molecular weight excluding hydrogens is 336 g/mol. The van der Waals surface area contributed by atoms with Gasteiger partial charge in [0.1, 0.15) is 5.58 Å². The van der Waals surface area contributed by atoms with Gasteiger partial charge in [0.15, 0.2) is 5.76 Å². The minimum atomic E-state index is -0.196. The predicted octanol–water partition coefficient (Wildman–Crippen LogP) is 4.26. The number of halogens is 1. The van der Waals surface area contributed by atoms with Gasteiger partial charge in [0.05, 0.1) is 0 Å². The summed E-state index contributed by atoms with van der Waals surface area (Å²) < 4.78 is 5.68. The maximum Gasteiger partial charge on any atom is 0.287 e. The van der Waals surface area contributed by atoms with E-state index in [-0.39, 0.29) is 5.91 Å². The Morgan fingerprint density at radius 3 is 2.72 bits per heavy atom. The zero-order valence-corrected chi connectivity index (χ0v) is 15.1. The molecule has 0 bridgehead atoms. The van der Waals surface area contributed by atoms with Crippen LogP contribution in [0.2, 0.25) is 5.02 Å². The summed E-state index contributed by atoms with van der Waals surface area (Å²) in [7, 11) is 2.04. The van der Waals surface area contributed by atoms with Crippen LogP contribution < -0.4 is 5.32 Å². The number of rotatable bonds is 6. The SMILES string of the molecule is Cc1c(C(=O)NCCN(C)Cc2ccccc2)oc2ccc(Cl)cc12. The number of aryl methyl sites for hydroxylation is 1. The third-order valence-corrected chi connectivity index (χ3v) is 4.41. The van der Waals surface area contributed by atoms with Crippen LogP contribution in [0.3, 0.4) is 0 Å². The van der Waals surface area contributed by atoms with Gasteiger partial charge >= 0.3 is 0 Å². The van der Waals surface area contributed by atoms with Crippen LogP contribution in [0.25, 0.3) is 11.0 Å². The Morgan fingerprint density at radius 2 is 1.96 bits per heavy atom. The van der Waals surface area contributed by atoms with E-state index in [9.17, 15) is 4.79 Å². The maximum atomic E-state index is 12.4. The number of hydrogen-bond donors (Lipinski definition) is 1. The molecule has 25 heavy (non-hydrogen) atoms. The molecule has 0 fully saturated rings. The summed E-state index contributed by atoms with van der Waals surface area (Å²) in [5.41, 5.74) is 2.74. The summed E-state index contributed by atoms with van der Waals surface area (Å²) >= 11 is 6.02. The lowest BCUT2D eigenvalue weighted by molar-refractivity contribution is 0.0923. The van der Waals surface area contributed by atoms with E-state index in [4.69, 9.17) is 16.0 Å². The number of carbonyl (C=O) groups is 1. The zero-order chi connectivity index (χ0) is 17.8. The minimum absolute atomic E-state index is 0.196. The Balaban J connectivity index is 1.57. The average Bonchev–Trinajstić information content (AvgIpc) is 2.92. The number of nitrogens with one attached hydrogen (secondary N) is 1. The van der Waals surface area contributed by atoms with Gasteiger partial charge in [0.25, 0.3) is 5.91 Å². The molecule has 0 radical (unpaired) electrons. The van der Waals surface area contributed by atoms with E-state index in [1.807, 2.05) is 38.2 Å². The molecule has 5 heteroatoms. The lowest BCUT2D eigenvalue weighted by Crippen LogP contribution is -2.32. The van der Waals surface area contributed by atoms with Crippen LogP contribution in [0.1, 0.15) is 21.7 Å². The van der Waals surface area contributed by atoms with E-state index in [1.54, 1.807) is 12.1 Å². The van der Waals surface area contributed by atoms with Crippen LogP contribution in [-0.2, 0) is 6.54 Å². The van der Waals surface area contributed by atoms with Gasteiger partial charge in [-0.3, -0.25) is 4.79 Å². The largest absolute Gasteiger partial charge is 0.451 e. The molecule has 2 aromatic carbocycles. The number of furan rings is 1. The molecule has 3 aromatic rings. The third kappa shape index (κ3) is 4.21. The molecule has 0 spiro atoms. The summed E-state index contributed by atoms with van der Waals surface area (Å²) in [5, 5.41) is 4.43. The Hall–Kier alpha value is -2.30. The van der Waals surface area contributed by atoms with E-state index >= 15 is 0 Å². The van der Waals surface area contributed by atoms with Crippen molar-refractivity contribution in [1.82, 2.24) is 10.2 Å². The van der Waals surface area contributed by atoms with Gasteiger partial charge in [-0.15, -0.1) is 0 Å². The highest BCUT2D eigenvalue weighted by Crippen LogP contribution is 2.27. The third-order valence-electron chi connectivity index (χ3n) is 4.18. The normalized spacial score (nSPS) is 11.2. The summed E-state index contributed by atoms with van der Waals surface area (Å²) in [6.07, 6.45) is 0. The van der Waals surface area contributed by atoms with Crippen molar-refractivity contribution in [2.45, 2.75) is 13.5 Å². The monoisotopic (exact) mass is 356 g/mol. The molecule has 1 aromatic heterocycles. The summed E-state index contributed by atoms with van der Waals surface area (Å²) in [6.45, 7) is 4.03. The van der Waals surface area contributed by atoms with Crippen LogP contribution in [0.5, 0.6) is 0 Å². The standard InChI is InChI=1S/C20H21ClN2O2/c1-14-17-12-16(21)8-9-18(17)25-19(14)20(24)22-10-11-23(2)13-15-6-4-3-5-7-15/h3-9,12H,10-11,13H2,1-2H3,(H,22,24). The molecule has 0 unspecified atom stereocenters. The second-order valence-corrected chi connectivity index (χ2v) is 6.61. The first kappa shape index (κ1) is 17.5. The Bertz CT molecular complexity index is 874. The molecule has 1 heterocycles. The average molecular weight is 357 g/mol. The smallest absolute Gasteiger partial charge is 0.287 e. The molecule has 0 aliphatic heterocycles. The van der Waals surface area contributed by atoms with E-state index in [2.05, 4.69) is 22.3 Å². The summed E-state index contributed by atoms with van der Waals surface area (Å²) in [6, 6.07) is 15.6. The summed E-state index contributed by atoms with van der Waals surface area (Å²) in [5.74, 6) is 0.154. The Morgan fingerprint density at radius 1 is 1.20 bits per heavy atom. The van der Waals surface area contributed by atoms with Crippen molar-refractivity contribution in [3.05, 3.63) is 70.4 Å². The van der Waals surface area contributed by atoms with E-state index in [1.165, 1.54) is 5.56 Å². The van der Waals surface area contributed by atoms with Crippen molar-refractivity contribution < 1.29 is 9.21 Å². The van der Waals surface area contributed by atoms with Crippen LogP contribution in [-0.4, -0.2) is 30.9 Å². The maximum absolute atomic E-state index is 12.4. The number of amides is 1. The van der Waals surface area contributed by atoms with Gasteiger partial charge in [-0.1, -0.05) is 41.9 Å². The minimum Gasteiger partial charge on any atom is -0.451 e.